The fourth-order valence-electron chi connectivity index (χ4n) is 3.29. The van der Waals surface area contributed by atoms with Gasteiger partial charge in [-0.3, -0.25) is 19.3 Å². The highest BCUT2D eigenvalue weighted by Gasteiger charge is 2.13. The van der Waals surface area contributed by atoms with Gasteiger partial charge in [-0.05, 0) is 56.8 Å². The molecule has 1 aromatic carbocycles. The van der Waals surface area contributed by atoms with Crippen LogP contribution < -0.4 is 5.56 Å². The summed E-state index contributed by atoms with van der Waals surface area (Å²) in [4.78, 5) is 19.4. The minimum atomic E-state index is -0.422. The topological polar surface area (TPSA) is 70.4 Å². The maximum Gasteiger partial charge on any atom is 0.264 e. The minimum Gasteiger partial charge on any atom is -0.494 e. The monoisotopic (exact) mass is 383 g/mol. The predicted molar refractivity (Wildman–Crippen MR) is 111 cm³/mol. The third kappa shape index (κ3) is 4.83. The van der Waals surface area contributed by atoms with E-state index in [0.29, 0.717) is 6.54 Å². The molecule has 1 aromatic heterocycles. The van der Waals surface area contributed by atoms with Crippen molar-refractivity contribution in [3.8, 4) is 5.88 Å². The molecule has 2 aromatic rings. The van der Waals surface area contributed by atoms with E-state index in [-0.39, 0.29) is 22.3 Å². The van der Waals surface area contributed by atoms with Gasteiger partial charge in [-0.15, -0.1) is 0 Å². The number of hydrogen-bond acceptors (Lipinski definition) is 4. The Balaban J connectivity index is 1.83. The number of benzene rings is 1. The summed E-state index contributed by atoms with van der Waals surface area (Å²) in [5.41, 5.74) is 2.15. The molecule has 1 heterocycles. The summed E-state index contributed by atoms with van der Waals surface area (Å²) in [6.45, 7) is 2.49. The van der Waals surface area contributed by atoms with Crippen LogP contribution >= 0.6 is 12.2 Å². The van der Waals surface area contributed by atoms with E-state index in [1.807, 2.05) is 37.3 Å². The molecule has 27 heavy (non-hydrogen) atoms. The quantitative estimate of drug-likeness (QED) is 0.432. The molecule has 6 heteroatoms. The molecule has 1 atom stereocenters. The molecule has 1 unspecified atom stereocenters. The Bertz CT molecular complexity index is 958. The van der Waals surface area contributed by atoms with Crippen molar-refractivity contribution in [2.24, 2.45) is 4.99 Å². The SMILES string of the molecule is CC(N=Cc1c(O)n(CCC2=CCCCC2)c(=S)[nH]c1=O)c1ccccc1. The number of rotatable bonds is 6. The third-order valence-electron chi connectivity index (χ3n) is 4.96. The normalized spacial score (nSPS) is 15.7. The number of aromatic nitrogens is 2. The van der Waals surface area contributed by atoms with Gasteiger partial charge < -0.3 is 5.11 Å². The first-order valence-electron chi connectivity index (χ1n) is 9.38. The van der Waals surface area contributed by atoms with Crippen molar-refractivity contribution in [2.45, 2.75) is 51.6 Å². The minimum absolute atomic E-state index is 0.117. The van der Waals surface area contributed by atoms with Gasteiger partial charge in [0.2, 0.25) is 5.88 Å². The number of allylic oxidation sites excluding steroid dienone is 2. The molecule has 5 nitrogen and oxygen atoms in total. The maximum absolute atomic E-state index is 12.3. The Labute approximate surface area is 164 Å². The van der Waals surface area contributed by atoms with Crippen molar-refractivity contribution in [2.75, 3.05) is 0 Å². The van der Waals surface area contributed by atoms with Crippen molar-refractivity contribution in [1.82, 2.24) is 9.55 Å². The van der Waals surface area contributed by atoms with Gasteiger partial charge in [0.25, 0.3) is 5.56 Å². The number of H-pyrrole nitrogens is 1. The Morgan fingerprint density at radius 1 is 1.33 bits per heavy atom. The number of aromatic hydroxyl groups is 1. The van der Waals surface area contributed by atoms with Gasteiger partial charge in [0.1, 0.15) is 5.56 Å². The summed E-state index contributed by atoms with van der Waals surface area (Å²) >= 11 is 5.25. The van der Waals surface area contributed by atoms with Gasteiger partial charge in [0.15, 0.2) is 4.77 Å². The lowest BCUT2D eigenvalue weighted by atomic mass is 9.97. The van der Waals surface area contributed by atoms with Crippen molar-refractivity contribution >= 4 is 18.4 Å². The van der Waals surface area contributed by atoms with Crippen LogP contribution in [0.2, 0.25) is 0 Å². The summed E-state index contributed by atoms with van der Waals surface area (Å²) in [5.74, 6) is -0.121. The molecule has 2 N–H and O–H groups in total. The second-order valence-corrected chi connectivity index (χ2v) is 7.26. The van der Waals surface area contributed by atoms with Gasteiger partial charge in [0, 0.05) is 12.8 Å². The van der Waals surface area contributed by atoms with Gasteiger partial charge in [-0.2, -0.15) is 0 Å². The largest absolute Gasteiger partial charge is 0.494 e. The zero-order chi connectivity index (χ0) is 19.2. The number of aliphatic imine (C=N–C) groups is 1. The van der Waals surface area contributed by atoms with Gasteiger partial charge in [-0.1, -0.05) is 42.0 Å². The van der Waals surface area contributed by atoms with Crippen LogP contribution in [0.4, 0.5) is 0 Å². The molecule has 1 aliphatic carbocycles. The summed E-state index contributed by atoms with van der Waals surface area (Å²) < 4.78 is 1.82. The van der Waals surface area contributed by atoms with Crippen LogP contribution in [0.25, 0.3) is 0 Å². The van der Waals surface area contributed by atoms with E-state index >= 15 is 0 Å². The van der Waals surface area contributed by atoms with E-state index < -0.39 is 5.56 Å². The zero-order valence-electron chi connectivity index (χ0n) is 15.5. The van der Waals surface area contributed by atoms with Crippen molar-refractivity contribution in [3.05, 3.63) is 68.2 Å². The molecule has 0 bridgehead atoms. The molecule has 0 spiro atoms. The second-order valence-electron chi connectivity index (χ2n) is 6.87. The van der Waals surface area contributed by atoms with Crippen LogP contribution in [0.15, 0.2) is 51.8 Å². The van der Waals surface area contributed by atoms with Gasteiger partial charge in [0.05, 0.1) is 6.04 Å². The predicted octanol–water partition coefficient (Wildman–Crippen LogP) is 4.68. The van der Waals surface area contributed by atoms with Crippen LogP contribution in [0.5, 0.6) is 5.88 Å². The van der Waals surface area contributed by atoms with Gasteiger partial charge in [-0.25, -0.2) is 0 Å². The Kier molecular flexibility index (Phi) is 6.40. The molecule has 0 fully saturated rings. The molecular weight excluding hydrogens is 358 g/mol. The van der Waals surface area contributed by atoms with Crippen LogP contribution in [0, 0.1) is 4.77 Å². The highest BCUT2D eigenvalue weighted by Crippen LogP contribution is 2.22. The molecule has 3 rings (SSSR count). The lowest BCUT2D eigenvalue weighted by Crippen LogP contribution is -2.19. The first-order valence-corrected chi connectivity index (χ1v) is 9.79. The smallest absolute Gasteiger partial charge is 0.264 e. The first-order chi connectivity index (χ1) is 13.1. The van der Waals surface area contributed by atoms with Gasteiger partial charge >= 0.3 is 0 Å². The molecular formula is C21H25N3O2S. The highest BCUT2D eigenvalue weighted by atomic mass is 32.1. The van der Waals surface area contributed by atoms with E-state index in [9.17, 15) is 9.90 Å². The van der Waals surface area contributed by atoms with E-state index in [1.54, 1.807) is 4.57 Å². The molecule has 0 amide bonds. The Morgan fingerprint density at radius 2 is 2.11 bits per heavy atom. The van der Waals surface area contributed by atoms with Crippen LogP contribution in [0.1, 0.15) is 56.2 Å². The Morgan fingerprint density at radius 3 is 2.81 bits per heavy atom. The van der Waals surface area contributed by atoms with Crippen molar-refractivity contribution in [3.63, 3.8) is 0 Å². The molecule has 0 radical (unpaired) electrons. The number of nitrogens with one attached hydrogen (secondary N) is 1. The summed E-state index contributed by atoms with van der Waals surface area (Å²) in [6.07, 6.45) is 9.22. The fourth-order valence-corrected chi connectivity index (χ4v) is 3.56. The lowest BCUT2D eigenvalue weighted by Gasteiger charge is -2.15. The van der Waals surface area contributed by atoms with E-state index in [0.717, 1.165) is 24.8 Å². The van der Waals surface area contributed by atoms with E-state index in [1.165, 1.54) is 24.6 Å². The van der Waals surface area contributed by atoms with Crippen LogP contribution in [-0.4, -0.2) is 20.9 Å². The molecule has 142 valence electrons. The summed E-state index contributed by atoms with van der Waals surface area (Å²) in [5, 5.41) is 10.6. The maximum atomic E-state index is 12.3. The third-order valence-corrected chi connectivity index (χ3v) is 5.28. The number of hydrogen-bond donors (Lipinski definition) is 2. The van der Waals surface area contributed by atoms with Crippen LogP contribution in [0.3, 0.4) is 0 Å². The van der Waals surface area contributed by atoms with E-state index in [4.69, 9.17) is 12.2 Å². The lowest BCUT2D eigenvalue weighted by molar-refractivity contribution is 0.402. The molecule has 0 aliphatic heterocycles. The average molecular weight is 384 g/mol. The second kappa shape index (κ2) is 8.95. The molecule has 0 saturated heterocycles. The zero-order valence-corrected chi connectivity index (χ0v) is 16.3. The number of aromatic amines is 1. The number of nitrogens with zero attached hydrogens (tertiary/aromatic N) is 2. The highest BCUT2D eigenvalue weighted by molar-refractivity contribution is 7.71. The standard InChI is InChI=1S/C21H25N3O2S/c1-15(17-10-6-3-7-11-17)22-14-18-19(25)23-21(27)24(20(18)26)13-12-16-8-4-2-5-9-16/h3,6-8,10-11,14-15,26H,2,4-5,9,12-13H2,1H3,(H,23,25,27). The van der Waals surface area contributed by atoms with Crippen molar-refractivity contribution < 1.29 is 5.11 Å². The molecule has 0 saturated carbocycles. The summed E-state index contributed by atoms with van der Waals surface area (Å²) in [6, 6.07) is 9.70. The Hall–Kier alpha value is -2.47. The van der Waals surface area contributed by atoms with E-state index in [2.05, 4.69) is 16.1 Å². The summed E-state index contributed by atoms with van der Waals surface area (Å²) in [7, 11) is 0. The average Bonchev–Trinajstić information content (AvgIpc) is 2.68. The van der Waals surface area contributed by atoms with Crippen molar-refractivity contribution in [1.29, 1.82) is 0 Å². The fraction of sp³-hybridized carbons (Fsp3) is 0.381. The molecule has 1 aliphatic rings. The van der Waals surface area contributed by atoms with Crippen LogP contribution in [-0.2, 0) is 6.54 Å². The first kappa shape index (κ1) is 19.3.